The van der Waals surface area contributed by atoms with Crippen LogP contribution in [-0.4, -0.2) is 216 Å². The van der Waals surface area contributed by atoms with Crippen LogP contribution in [0.5, 0.6) is 0 Å². The number of ether oxygens (including phenoxy) is 6. The smallest absolute Gasteiger partial charge is 0.333 e. The molecule has 4 rings (SSSR count). The normalized spacial score (nSPS) is 37.4. The molecule has 3 amide bonds. The Morgan fingerprint density at radius 3 is 1.74 bits per heavy atom. The van der Waals surface area contributed by atoms with Crippen molar-refractivity contribution in [2.24, 2.45) is 0 Å². The first kappa shape index (κ1) is 47.5. The van der Waals surface area contributed by atoms with Crippen LogP contribution in [0.25, 0.3) is 0 Å². The molecule has 0 aliphatic carbocycles. The Hall–Kier alpha value is -2.21. The summed E-state index contributed by atoms with van der Waals surface area (Å²) in [5.41, 5.74) is 0. The van der Waals surface area contributed by atoms with Gasteiger partial charge in [0.25, 0.3) is 11.8 Å². The van der Waals surface area contributed by atoms with Gasteiger partial charge in [-0.05, 0) is 25.0 Å². The molecule has 4 aliphatic heterocycles. The Morgan fingerprint density at radius 2 is 1.16 bits per heavy atom. The van der Waals surface area contributed by atoms with Gasteiger partial charge in [-0.3, -0.25) is 14.4 Å². The Balaban J connectivity index is 1.17. The van der Waals surface area contributed by atoms with Crippen molar-refractivity contribution in [1.29, 1.82) is 0 Å². The molecule has 4 aliphatic rings. The summed E-state index contributed by atoms with van der Waals surface area (Å²) in [4.78, 5) is 51.8. The quantitative estimate of drug-likeness (QED) is 0.0378. The molecular weight excluding hydrogens is 792 g/mol. The van der Waals surface area contributed by atoms with E-state index in [2.05, 4.69) is 5.32 Å². The van der Waals surface area contributed by atoms with E-state index in [1.54, 1.807) is 0 Å². The van der Waals surface area contributed by atoms with E-state index in [-0.39, 0.29) is 38.2 Å². The number of thioether (sulfide) groups is 1. The molecule has 0 aromatic rings. The second-order valence-electron chi connectivity index (χ2n) is 13.8. The summed E-state index contributed by atoms with van der Waals surface area (Å²) in [5, 5.41) is 107. The van der Waals surface area contributed by atoms with Crippen molar-refractivity contribution in [2.45, 2.75) is 137 Å². The Morgan fingerprint density at radius 1 is 0.649 bits per heavy atom. The van der Waals surface area contributed by atoms with Crippen molar-refractivity contribution in [3.63, 3.8) is 0 Å². The summed E-state index contributed by atoms with van der Waals surface area (Å²) in [5.74, 6) is -0.950. The molecule has 4 heterocycles. The molecule has 0 aromatic heterocycles. The number of hydrogen-bond acceptors (Lipinski definition) is 22. The third-order valence-electron chi connectivity index (χ3n) is 9.59. The van der Waals surface area contributed by atoms with Gasteiger partial charge in [0.2, 0.25) is 5.91 Å². The van der Waals surface area contributed by atoms with Crippen molar-refractivity contribution in [3.8, 4) is 0 Å². The van der Waals surface area contributed by atoms with Crippen LogP contribution in [0.1, 0.15) is 44.9 Å². The molecule has 0 aromatic carbocycles. The lowest BCUT2D eigenvalue weighted by Gasteiger charge is -2.48. The summed E-state index contributed by atoms with van der Waals surface area (Å²) in [6, 6.07) is 0. The minimum absolute atomic E-state index is 0.00149. The molecule has 15 atom stereocenters. The van der Waals surface area contributed by atoms with E-state index in [0.717, 1.165) is 0 Å². The molecule has 0 saturated carbocycles. The second kappa shape index (κ2) is 23.0. The number of nitrogens with zero attached hydrogens (tertiary/aromatic N) is 1. The molecule has 4 fully saturated rings. The largest absolute Gasteiger partial charge is 0.394 e. The maximum atomic E-state index is 12.1. The summed E-state index contributed by atoms with van der Waals surface area (Å²) < 4.78 is 33.3. The van der Waals surface area contributed by atoms with Crippen LogP contribution in [0.3, 0.4) is 0 Å². The van der Waals surface area contributed by atoms with Gasteiger partial charge in [-0.15, -0.1) is 5.06 Å². The monoisotopic (exact) mass is 846 g/mol. The summed E-state index contributed by atoms with van der Waals surface area (Å²) in [6.45, 7) is -1.96. The van der Waals surface area contributed by atoms with Gasteiger partial charge in [-0.25, -0.2) is 4.79 Å². The number of carbonyl (C=O) groups excluding carboxylic acids is 4. The van der Waals surface area contributed by atoms with Crippen LogP contribution in [0.2, 0.25) is 0 Å². The van der Waals surface area contributed by atoms with E-state index in [0.29, 0.717) is 42.4 Å². The topological polar surface area (TPSA) is 350 Å². The van der Waals surface area contributed by atoms with Crippen molar-refractivity contribution < 1.29 is 104 Å². The Bertz CT molecular complexity index is 1290. The van der Waals surface area contributed by atoms with Crippen molar-refractivity contribution in [2.75, 3.05) is 44.5 Å². The first-order chi connectivity index (χ1) is 27.2. The highest BCUT2D eigenvalue weighted by Gasteiger charge is 2.54. The average molecular weight is 847 g/mol. The molecule has 57 heavy (non-hydrogen) atoms. The van der Waals surface area contributed by atoms with Crippen LogP contribution in [0.4, 0.5) is 0 Å². The van der Waals surface area contributed by atoms with Crippen LogP contribution in [0, 0.1) is 0 Å². The third-order valence-corrected chi connectivity index (χ3v) is 10.7. The fourth-order valence-electron chi connectivity index (χ4n) is 6.34. The van der Waals surface area contributed by atoms with Gasteiger partial charge in [0.05, 0.1) is 26.4 Å². The van der Waals surface area contributed by atoms with Gasteiger partial charge >= 0.3 is 5.97 Å². The number of carbonyl (C=O) groups is 4. The Kier molecular flexibility index (Phi) is 19.1. The molecule has 4 saturated heterocycles. The molecular formula is C33H54N2O21S. The zero-order valence-corrected chi connectivity index (χ0v) is 31.7. The second-order valence-corrected chi connectivity index (χ2v) is 15.0. The maximum Gasteiger partial charge on any atom is 0.333 e. The van der Waals surface area contributed by atoms with Crippen molar-refractivity contribution in [3.05, 3.63) is 0 Å². The van der Waals surface area contributed by atoms with E-state index in [9.17, 15) is 70.2 Å². The van der Waals surface area contributed by atoms with E-state index in [4.69, 9.17) is 33.3 Å². The predicted molar refractivity (Wildman–Crippen MR) is 186 cm³/mol. The highest BCUT2D eigenvalue weighted by Crippen LogP contribution is 2.33. The standard InChI is InChI=1S/C33H54N2O21S/c36-12-15-22(43)25(46)26(47)32(52-15)54-30-24(45)17(14-38)53-33(28(30)49)55-29-23(44)16(13-37)51-31(27(29)48)50-9-3-10-57-11-8-34-18(39)4-1-2-5-21(42)56-35-19(40)6-7-20(35)41/h15-17,22-33,36-38,43-49H,1-14H2,(H,34,39)/t15?,16?,17?,22-,23-,24-,25+,26?,27?,28?,29+,30+,31-,32+,33+/m1/s1. The fourth-order valence-corrected chi connectivity index (χ4v) is 7.11. The molecule has 24 heteroatoms. The number of amides is 3. The highest BCUT2D eigenvalue weighted by molar-refractivity contribution is 7.99. The number of unbranched alkanes of at least 4 members (excludes halogenated alkanes) is 1. The number of aliphatic hydroxyl groups excluding tert-OH is 10. The Labute approximate surface area is 330 Å². The van der Waals surface area contributed by atoms with Gasteiger partial charge < -0.3 is 89.6 Å². The van der Waals surface area contributed by atoms with Crippen LogP contribution in [-0.2, 0) is 52.4 Å². The summed E-state index contributed by atoms with van der Waals surface area (Å²) >= 11 is 1.49. The van der Waals surface area contributed by atoms with Crippen molar-refractivity contribution >= 4 is 35.5 Å². The molecule has 0 bridgehead atoms. The van der Waals surface area contributed by atoms with E-state index >= 15 is 0 Å². The number of imide groups is 1. The number of rotatable bonds is 21. The molecule has 0 spiro atoms. The first-order valence-electron chi connectivity index (χ1n) is 18.6. The first-order valence-corrected chi connectivity index (χ1v) is 19.8. The SMILES string of the molecule is O=C(CCCCC(=O)ON1C(=O)CCC1=O)NCCSCCCO[C@@H]1OC(CO)[C@@H](O)[C@H](O[C@@H]2OC(CO)[C@@H](O)[C@H](O[C@@H]3OC(CO)[C@@H](O)[C@H](O)C3O)C2O)C1O. The molecule has 23 nitrogen and oxygen atoms in total. The van der Waals surface area contributed by atoms with E-state index in [1.807, 2.05) is 0 Å². The van der Waals surface area contributed by atoms with Crippen molar-refractivity contribution in [1.82, 2.24) is 10.4 Å². The number of nitrogens with one attached hydrogen (secondary N) is 1. The molecule has 328 valence electrons. The fraction of sp³-hybridized carbons (Fsp3) is 0.879. The zero-order chi connectivity index (χ0) is 41.8. The average Bonchev–Trinajstić information content (AvgIpc) is 3.51. The zero-order valence-electron chi connectivity index (χ0n) is 30.9. The lowest BCUT2D eigenvalue weighted by atomic mass is 9.96. The predicted octanol–water partition coefficient (Wildman–Crippen LogP) is -6.14. The van der Waals surface area contributed by atoms with Crippen LogP contribution in [0.15, 0.2) is 0 Å². The molecule has 6 unspecified atom stereocenters. The van der Waals surface area contributed by atoms with E-state index in [1.165, 1.54) is 11.8 Å². The summed E-state index contributed by atoms with van der Waals surface area (Å²) in [7, 11) is 0. The number of aliphatic hydroxyl groups is 10. The third kappa shape index (κ3) is 12.7. The number of hydroxylamine groups is 2. The minimum atomic E-state index is -1.95. The maximum absolute atomic E-state index is 12.1. The van der Waals surface area contributed by atoms with Gasteiger partial charge in [0.1, 0.15) is 73.2 Å². The van der Waals surface area contributed by atoms with Gasteiger partial charge in [0, 0.05) is 38.0 Å². The van der Waals surface area contributed by atoms with Gasteiger partial charge in [-0.1, -0.05) is 0 Å². The lowest BCUT2D eigenvalue weighted by Crippen LogP contribution is -2.67. The molecule has 11 N–H and O–H groups in total. The van der Waals surface area contributed by atoms with Crippen LogP contribution < -0.4 is 5.32 Å². The van der Waals surface area contributed by atoms with Crippen LogP contribution >= 0.6 is 11.8 Å². The van der Waals surface area contributed by atoms with Gasteiger partial charge in [0.15, 0.2) is 18.9 Å². The lowest BCUT2D eigenvalue weighted by molar-refractivity contribution is -0.381. The minimum Gasteiger partial charge on any atom is -0.394 e. The summed E-state index contributed by atoms with van der Waals surface area (Å²) in [6.07, 6.45) is -24.0. The molecule has 0 radical (unpaired) electrons. The van der Waals surface area contributed by atoms with E-state index < -0.39 is 130 Å². The van der Waals surface area contributed by atoms with Gasteiger partial charge in [-0.2, -0.15) is 11.8 Å². The number of hydrogen-bond donors (Lipinski definition) is 11. The highest BCUT2D eigenvalue weighted by atomic mass is 32.2.